The first kappa shape index (κ1) is 22.2. The van der Waals surface area contributed by atoms with E-state index in [1.54, 1.807) is 30.1 Å². The summed E-state index contributed by atoms with van der Waals surface area (Å²) in [6, 6.07) is 15.9. The highest BCUT2D eigenvalue weighted by molar-refractivity contribution is 6.03. The fraction of sp³-hybridized carbons (Fsp3) is 0.261. The summed E-state index contributed by atoms with van der Waals surface area (Å²) in [5, 5.41) is 13.0. The highest BCUT2D eigenvalue weighted by Crippen LogP contribution is 2.22. The van der Waals surface area contributed by atoms with Gasteiger partial charge in [-0.2, -0.15) is 0 Å². The van der Waals surface area contributed by atoms with Crippen LogP contribution in [0, 0.1) is 5.82 Å². The molecule has 0 spiro atoms. The average Bonchev–Trinajstić information content (AvgIpc) is 3.34. The Morgan fingerprint density at radius 1 is 1.16 bits per heavy atom. The van der Waals surface area contributed by atoms with Crippen LogP contribution in [0.2, 0.25) is 0 Å². The van der Waals surface area contributed by atoms with E-state index in [-0.39, 0.29) is 18.3 Å². The molecule has 3 rings (SSSR count). The Bertz CT molecular complexity index is 960. The van der Waals surface area contributed by atoms with Gasteiger partial charge in [-0.25, -0.2) is 14.9 Å². The summed E-state index contributed by atoms with van der Waals surface area (Å²) in [4.78, 5) is 20.9. The number of benzene rings is 2. The summed E-state index contributed by atoms with van der Waals surface area (Å²) in [7, 11) is 0. The molecule has 0 fully saturated rings. The van der Waals surface area contributed by atoms with Crippen molar-refractivity contribution in [2.24, 2.45) is 5.16 Å². The molecule has 3 aromatic rings. The van der Waals surface area contributed by atoms with E-state index < -0.39 is 5.91 Å². The van der Waals surface area contributed by atoms with Crippen molar-refractivity contribution in [3.05, 3.63) is 90.3 Å². The summed E-state index contributed by atoms with van der Waals surface area (Å²) in [5.74, 6) is -0.703. The number of halogens is 1. The van der Waals surface area contributed by atoms with E-state index in [1.807, 2.05) is 41.1 Å². The first-order chi connectivity index (χ1) is 15.2. The Morgan fingerprint density at radius 3 is 2.61 bits per heavy atom. The van der Waals surface area contributed by atoms with E-state index in [0.717, 1.165) is 16.8 Å². The quantitative estimate of drug-likeness (QED) is 0.211. The monoisotopic (exact) mass is 424 g/mol. The van der Waals surface area contributed by atoms with Gasteiger partial charge in [0.25, 0.3) is 0 Å². The van der Waals surface area contributed by atoms with E-state index in [4.69, 9.17) is 10.0 Å². The Balaban J connectivity index is 1.80. The van der Waals surface area contributed by atoms with Gasteiger partial charge in [0.2, 0.25) is 5.91 Å². The van der Waals surface area contributed by atoms with Gasteiger partial charge in [0, 0.05) is 24.4 Å². The minimum absolute atomic E-state index is 0.212. The average molecular weight is 424 g/mol. The molecule has 0 saturated heterocycles. The minimum Gasteiger partial charge on any atom is -0.396 e. The van der Waals surface area contributed by atoms with Crippen molar-refractivity contribution in [1.29, 1.82) is 0 Å². The van der Waals surface area contributed by atoms with Crippen LogP contribution in [0.1, 0.15) is 36.4 Å². The van der Waals surface area contributed by atoms with E-state index in [9.17, 15) is 9.18 Å². The Hall–Kier alpha value is -3.52. The second-order valence-corrected chi connectivity index (χ2v) is 7.02. The van der Waals surface area contributed by atoms with Crippen LogP contribution in [0.3, 0.4) is 0 Å². The van der Waals surface area contributed by atoms with Crippen LogP contribution in [0.25, 0.3) is 0 Å². The number of rotatable bonds is 11. The van der Waals surface area contributed by atoms with E-state index in [2.05, 4.69) is 10.1 Å². The SMILES string of the molecule is O=C(CCCCO/N=C(\c1ccccc1)C(Cc1ccc(F)cc1)n1ccnc1)NO. The van der Waals surface area contributed by atoms with E-state index in [1.165, 1.54) is 12.1 Å². The maximum Gasteiger partial charge on any atom is 0.243 e. The zero-order chi connectivity index (χ0) is 21.9. The number of hydrogen-bond donors (Lipinski definition) is 2. The molecule has 8 heteroatoms. The van der Waals surface area contributed by atoms with Crippen molar-refractivity contribution in [3.8, 4) is 0 Å². The maximum absolute atomic E-state index is 13.4. The molecule has 2 N–H and O–H groups in total. The third-order valence-electron chi connectivity index (χ3n) is 4.79. The number of carbonyl (C=O) groups is 1. The number of imidazole rings is 1. The van der Waals surface area contributed by atoms with Gasteiger partial charge in [0.15, 0.2) is 0 Å². The summed E-state index contributed by atoms with van der Waals surface area (Å²) in [6.07, 6.45) is 7.27. The summed E-state index contributed by atoms with van der Waals surface area (Å²) in [6.45, 7) is 0.336. The van der Waals surface area contributed by atoms with Crippen LogP contribution < -0.4 is 5.48 Å². The predicted octanol–water partition coefficient (Wildman–Crippen LogP) is 3.90. The van der Waals surface area contributed by atoms with Crippen molar-refractivity contribution in [3.63, 3.8) is 0 Å². The standard InChI is InChI=1S/C23H25FN4O3/c24-20-11-9-18(10-12-20)16-21(28-14-13-25-17-28)23(19-6-2-1-3-7-19)27-31-15-5-4-8-22(29)26-30/h1-3,6-7,9-14,17,21,30H,4-5,8,15-16H2,(H,26,29)/b27-23+. The lowest BCUT2D eigenvalue weighted by Gasteiger charge is -2.21. The second-order valence-electron chi connectivity index (χ2n) is 7.02. The summed E-state index contributed by atoms with van der Waals surface area (Å²) in [5.41, 5.74) is 4.19. The molecule has 31 heavy (non-hydrogen) atoms. The lowest BCUT2D eigenvalue weighted by atomic mass is 9.96. The Labute approximate surface area is 180 Å². The molecule has 0 aliphatic heterocycles. The molecule has 1 atom stereocenters. The van der Waals surface area contributed by atoms with Crippen LogP contribution in [-0.2, 0) is 16.1 Å². The molecule has 7 nitrogen and oxygen atoms in total. The van der Waals surface area contributed by atoms with Gasteiger partial charge in [-0.05, 0) is 37.0 Å². The zero-order valence-corrected chi connectivity index (χ0v) is 17.0. The van der Waals surface area contributed by atoms with Crippen LogP contribution in [-0.4, -0.2) is 33.0 Å². The molecular weight excluding hydrogens is 399 g/mol. The fourth-order valence-corrected chi connectivity index (χ4v) is 3.18. The molecule has 0 bridgehead atoms. The molecule has 0 radical (unpaired) electrons. The number of unbranched alkanes of at least 4 members (excludes halogenated alkanes) is 1. The van der Waals surface area contributed by atoms with Gasteiger partial charge >= 0.3 is 0 Å². The molecule has 1 amide bonds. The van der Waals surface area contributed by atoms with Crippen LogP contribution in [0.4, 0.5) is 4.39 Å². The normalized spacial score (nSPS) is 12.4. The maximum atomic E-state index is 13.4. The van der Waals surface area contributed by atoms with Crippen LogP contribution >= 0.6 is 0 Å². The van der Waals surface area contributed by atoms with Crippen molar-refractivity contribution in [2.75, 3.05) is 6.61 Å². The highest BCUT2D eigenvalue weighted by Gasteiger charge is 2.21. The predicted molar refractivity (Wildman–Crippen MR) is 114 cm³/mol. The Kier molecular flexibility index (Phi) is 8.30. The molecule has 162 valence electrons. The van der Waals surface area contributed by atoms with Crippen molar-refractivity contribution in [2.45, 2.75) is 31.7 Å². The lowest BCUT2D eigenvalue weighted by Crippen LogP contribution is -2.23. The topological polar surface area (TPSA) is 88.7 Å². The number of oxime groups is 1. The number of hydrogen-bond acceptors (Lipinski definition) is 5. The molecule has 0 aliphatic carbocycles. The molecular formula is C23H25FN4O3. The number of nitrogens with one attached hydrogen (secondary N) is 1. The largest absolute Gasteiger partial charge is 0.396 e. The van der Waals surface area contributed by atoms with Crippen LogP contribution in [0.5, 0.6) is 0 Å². The number of carbonyl (C=O) groups excluding carboxylic acids is 1. The minimum atomic E-state index is -0.423. The number of nitrogens with zero attached hydrogens (tertiary/aromatic N) is 3. The van der Waals surface area contributed by atoms with E-state index >= 15 is 0 Å². The van der Waals surface area contributed by atoms with Gasteiger partial charge < -0.3 is 9.40 Å². The van der Waals surface area contributed by atoms with E-state index in [0.29, 0.717) is 25.9 Å². The van der Waals surface area contributed by atoms with Gasteiger partial charge in [-0.3, -0.25) is 10.0 Å². The lowest BCUT2D eigenvalue weighted by molar-refractivity contribution is -0.129. The zero-order valence-electron chi connectivity index (χ0n) is 17.0. The number of aromatic nitrogens is 2. The first-order valence-electron chi connectivity index (χ1n) is 10.1. The molecule has 0 saturated carbocycles. The number of hydroxylamine groups is 1. The second kappa shape index (κ2) is 11.6. The van der Waals surface area contributed by atoms with Crippen molar-refractivity contribution >= 4 is 11.6 Å². The molecule has 1 heterocycles. The summed E-state index contributed by atoms with van der Waals surface area (Å²) < 4.78 is 15.3. The molecule has 1 unspecified atom stereocenters. The third-order valence-corrected chi connectivity index (χ3v) is 4.79. The highest BCUT2D eigenvalue weighted by atomic mass is 19.1. The van der Waals surface area contributed by atoms with Gasteiger partial charge in [0.05, 0.1) is 12.4 Å². The van der Waals surface area contributed by atoms with Gasteiger partial charge in [-0.1, -0.05) is 47.6 Å². The molecule has 2 aromatic carbocycles. The smallest absolute Gasteiger partial charge is 0.243 e. The van der Waals surface area contributed by atoms with Crippen molar-refractivity contribution < 1.29 is 19.2 Å². The summed E-state index contributed by atoms with van der Waals surface area (Å²) >= 11 is 0. The molecule has 1 aromatic heterocycles. The van der Waals surface area contributed by atoms with Gasteiger partial charge in [0.1, 0.15) is 18.1 Å². The molecule has 0 aliphatic rings. The fourth-order valence-electron chi connectivity index (χ4n) is 3.18. The Morgan fingerprint density at radius 2 is 1.94 bits per heavy atom. The number of amides is 1. The van der Waals surface area contributed by atoms with Crippen molar-refractivity contribution in [1.82, 2.24) is 15.0 Å². The van der Waals surface area contributed by atoms with Crippen LogP contribution in [0.15, 0.2) is 78.5 Å². The third kappa shape index (κ3) is 6.75. The first-order valence-corrected chi connectivity index (χ1v) is 10.1. The van der Waals surface area contributed by atoms with Gasteiger partial charge in [-0.15, -0.1) is 0 Å².